The minimum Gasteiger partial charge on any atom is -0.501 e. The highest BCUT2D eigenvalue weighted by atomic mass is 16.3. The van der Waals surface area contributed by atoms with Gasteiger partial charge in [0.25, 0.3) is 11.8 Å². The topological polar surface area (TPSA) is 112 Å². The number of nitrogens with one attached hydrogen (secondary N) is 1. The molecular weight excluding hydrogens is 358 g/mol. The van der Waals surface area contributed by atoms with Crippen LogP contribution < -0.4 is 5.32 Å². The Labute approximate surface area is 161 Å². The van der Waals surface area contributed by atoms with Crippen molar-refractivity contribution in [3.8, 4) is 11.6 Å². The second-order valence-corrected chi connectivity index (χ2v) is 6.48. The number of amides is 1. The summed E-state index contributed by atoms with van der Waals surface area (Å²) in [6, 6.07) is 15.2. The summed E-state index contributed by atoms with van der Waals surface area (Å²) in [6.07, 6.45) is 0. The molecule has 1 amide bonds. The molecule has 0 aliphatic heterocycles. The largest absolute Gasteiger partial charge is 0.501 e. The fourth-order valence-electron chi connectivity index (χ4n) is 2.53. The number of aromatic hydroxyl groups is 2. The first kappa shape index (κ1) is 19.0. The molecule has 1 aromatic heterocycles. The number of aromatic nitrogens is 2. The number of benzene rings is 2. The van der Waals surface area contributed by atoms with Crippen LogP contribution >= 0.6 is 0 Å². The Kier molecular flexibility index (Phi) is 5.35. The lowest BCUT2D eigenvalue weighted by molar-refractivity contribution is 0.101. The standard InChI is InChI=1S/C21H19N3O4/c1-12(2)19-23-16(18(26)21(28)24-19)20(27)22-15-10-8-14(9-11-15)17(25)13-6-4-3-5-7-13/h3-12,26H,1-2H3,(H,22,27)(H,23,24,28). The molecule has 0 unspecified atom stereocenters. The van der Waals surface area contributed by atoms with Crippen molar-refractivity contribution in [3.63, 3.8) is 0 Å². The number of carbonyl (C=O) groups is 2. The van der Waals surface area contributed by atoms with Crippen LogP contribution in [-0.2, 0) is 0 Å². The van der Waals surface area contributed by atoms with Gasteiger partial charge in [-0.3, -0.25) is 9.59 Å². The summed E-state index contributed by atoms with van der Waals surface area (Å²) in [5, 5.41) is 22.2. The van der Waals surface area contributed by atoms with Gasteiger partial charge in [-0.15, -0.1) is 0 Å². The van der Waals surface area contributed by atoms with Crippen LogP contribution in [0.4, 0.5) is 5.69 Å². The molecule has 0 saturated heterocycles. The highest BCUT2D eigenvalue weighted by Gasteiger charge is 2.21. The minimum absolute atomic E-state index is 0.126. The molecule has 1 heterocycles. The number of hydrogen-bond donors (Lipinski definition) is 3. The molecule has 3 rings (SSSR count). The second kappa shape index (κ2) is 7.87. The van der Waals surface area contributed by atoms with E-state index in [9.17, 15) is 19.8 Å². The summed E-state index contributed by atoms with van der Waals surface area (Å²) in [5.74, 6) is -2.05. The van der Waals surface area contributed by atoms with Crippen molar-refractivity contribution in [2.75, 3.05) is 5.32 Å². The molecular formula is C21H19N3O4. The van der Waals surface area contributed by atoms with Crippen LogP contribution in [0.5, 0.6) is 11.6 Å². The molecule has 0 spiro atoms. The molecule has 142 valence electrons. The van der Waals surface area contributed by atoms with Gasteiger partial charge in [-0.2, -0.15) is 4.98 Å². The third-order valence-corrected chi connectivity index (χ3v) is 4.06. The van der Waals surface area contributed by atoms with Crippen molar-refractivity contribution in [1.29, 1.82) is 0 Å². The number of hydrogen-bond acceptors (Lipinski definition) is 6. The van der Waals surface area contributed by atoms with E-state index < -0.39 is 17.5 Å². The summed E-state index contributed by atoms with van der Waals surface area (Å²) in [4.78, 5) is 32.7. The molecule has 2 aromatic carbocycles. The van der Waals surface area contributed by atoms with E-state index in [0.717, 1.165) is 0 Å². The van der Waals surface area contributed by atoms with Crippen LogP contribution in [0, 0.1) is 0 Å². The summed E-state index contributed by atoms with van der Waals surface area (Å²) in [5.41, 5.74) is 1.15. The van der Waals surface area contributed by atoms with Gasteiger partial charge in [-0.25, -0.2) is 4.98 Å². The Morgan fingerprint density at radius 2 is 1.50 bits per heavy atom. The number of anilines is 1. The van der Waals surface area contributed by atoms with E-state index >= 15 is 0 Å². The van der Waals surface area contributed by atoms with Crippen molar-refractivity contribution >= 4 is 17.4 Å². The molecule has 0 aliphatic rings. The van der Waals surface area contributed by atoms with Crippen LogP contribution in [0.3, 0.4) is 0 Å². The van der Waals surface area contributed by atoms with Crippen molar-refractivity contribution in [2.24, 2.45) is 0 Å². The summed E-state index contributed by atoms with van der Waals surface area (Å²) >= 11 is 0. The molecule has 7 nitrogen and oxygen atoms in total. The SMILES string of the molecule is CC(C)c1nc(O)c(O)c(C(=O)Nc2ccc(C(=O)c3ccccc3)cc2)n1. The van der Waals surface area contributed by atoms with Crippen molar-refractivity contribution in [3.05, 3.63) is 77.2 Å². The first-order valence-electron chi connectivity index (χ1n) is 8.68. The van der Waals surface area contributed by atoms with Gasteiger partial charge in [-0.05, 0) is 24.3 Å². The average Bonchev–Trinajstić information content (AvgIpc) is 2.70. The van der Waals surface area contributed by atoms with Crippen molar-refractivity contribution in [2.45, 2.75) is 19.8 Å². The first-order chi connectivity index (χ1) is 13.4. The summed E-state index contributed by atoms with van der Waals surface area (Å²) < 4.78 is 0. The fraction of sp³-hybridized carbons (Fsp3) is 0.143. The normalized spacial score (nSPS) is 10.7. The van der Waals surface area contributed by atoms with Gasteiger partial charge < -0.3 is 15.5 Å². The molecule has 0 saturated carbocycles. The number of rotatable bonds is 5. The van der Waals surface area contributed by atoms with E-state index in [-0.39, 0.29) is 23.2 Å². The molecule has 3 aromatic rings. The highest BCUT2D eigenvalue weighted by Crippen LogP contribution is 2.28. The molecule has 7 heteroatoms. The third-order valence-electron chi connectivity index (χ3n) is 4.06. The smallest absolute Gasteiger partial charge is 0.278 e. The Morgan fingerprint density at radius 1 is 0.893 bits per heavy atom. The maximum absolute atomic E-state index is 12.5. The van der Waals surface area contributed by atoms with E-state index in [2.05, 4.69) is 15.3 Å². The molecule has 0 radical (unpaired) electrons. The maximum Gasteiger partial charge on any atom is 0.278 e. The lowest BCUT2D eigenvalue weighted by Gasteiger charge is -2.10. The Hall–Kier alpha value is -3.74. The van der Waals surface area contributed by atoms with Crippen LogP contribution in [-0.4, -0.2) is 31.9 Å². The number of nitrogens with zero attached hydrogens (tertiary/aromatic N) is 2. The average molecular weight is 377 g/mol. The van der Waals surface area contributed by atoms with Gasteiger partial charge in [0.15, 0.2) is 11.5 Å². The summed E-state index contributed by atoms with van der Waals surface area (Å²) in [6.45, 7) is 3.60. The van der Waals surface area contributed by atoms with Crippen LogP contribution in [0.15, 0.2) is 54.6 Å². The molecule has 0 fully saturated rings. The fourth-order valence-corrected chi connectivity index (χ4v) is 2.53. The van der Waals surface area contributed by atoms with Crippen LogP contribution in [0.25, 0.3) is 0 Å². The Morgan fingerprint density at radius 3 is 2.11 bits per heavy atom. The van der Waals surface area contributed by atoms with E-state index in [1.54, 1.807) is 62.4 Å². The van der Waals surface area contributed by atoms with Crippen LogP contribution in [0.2, 0.25) is 0 Å². The number of ketones is 1. The zero-order valence-corrected chi connectivity index (χ0v) is 15.4. The zero-order valence-electron chi connectivity index (χ0n) is 15.4. The molecule has 3 N–H and O–H groups in total. The van der Waals surface area contributed by atoms with E-state index in [1.807, 2.05) is 6.07 Å². The highest BCUT2D eigenvalue weighted by molar-refractivity contribution is 6.09. The lowest BCUT2D eigenvalue weighted by atomic mass is 10.0. The Bertz CT molecular complexity index is 1020. The zero-order chi connectivity index (χ0) is 20.3. The minimum atomic E-state index is -0.695. The molecule has 0 atom stereocenters. The molecule has 0 aliphatic carbocycles. The Balaban J connectivity index is 1.79. The van der Waals surface area contributed by atoms with E-state index in [1.165, 1.54) is 0 Å². The maximum atomic E-state index is 12.5. The first-order valence-corrected chi connectivity index (χ1v) is 8.68. The molecule has 28 heavy (non-hydrogen) atoms. The number of carbonyl (C=O) groups excluding carboxylic acids is 2. The lowest BCUT2D eigenvalue weighted by Crippen LogP contribution is -2.16. The van der Waals surface area contributed by atoms with Gasteiger partial charge in [-0.1, -0.05) is 44.2 Å². The van der Waals surface area contributed by atoms with E-state index in [4.69, 9.17) is 0 Å². The van der Waals surface area contributed by atoms with E-state index in [0.29, 0.717) is 16.8 Å². The third kappa shape index (κ3) is 3.98. The summed E-state index contributed by atoms with van der Waals surface area (Å²) in [7, 11) is 0. The molecule has 0 bridgehead atoms. The van der Waals surface area contributed by atoms with Crippen LogP contribution in [0.1, 0.15) is 52.0 Å². The monoisotopic (exact) mass is 377 g/mol. The quantitative estimate of drug-likeness (QED) is 0.587. The van der Waals surface area contributed by atoms with Crippen molar-refractivity contribution in [1.82, 2.24) is 9.97 Å². The second-order valence-electron chi connectivity index (χ2n) is 6.48. The predicted molar refractivity (Wildman–Crippen MR) is 104 cm³/mol. The van der Waals surface area contributed by atoms with Gasteiger partial charge >= 0.3 is 0 Å². The van der Waals surface area contributed by atoms with Gasteiger partial charge in [0, 0.05) is 22.7 Å². The van der Waals surface area contributed by atoms with Gasteiger partial charge in [0.05, 0.1) is 0 Å². The van der Waals surface area contributed by atoms with Crippen molar-refractivity contribution < 1.29 is 19.8 Å². The predicted octanol–water partition coefficient (Wildman–Crippen LogP) is 3.49. The van der Waals surface area contributed by atoms with Gasteiger partial charge in [0.2, 0.25) is 5.75 Å². The van der Waals surface area contributed by atoms with Gasteiger partial charge in [0.1, 0.15) is 5.82 Å².